The predicted octanol–water partition coefficient (Wildman–Crippen LogP) is 4.26. The summed E-state index contributed by atoms with van der Waals surface area (Å²) in [7, 11) is 0. The van der Waals surface area contributed by atoms with Crippen LogP contribution in [0.25, 0.3) is 27.8 Å². The molecule has 100 valence electrons. The first-order chi connectivity index (χ1) is 9.54. The van der Waals surface area contributed by atoms with Crippen LogP contribution in [-0.4, -0.2) is 4.98 Å². The van der Waals surface area contributed by atoms with Crippen molar-refractivity contribution in [1.82, 2.24) is 4.98 Å². The third-order valence-electron chi connectivity index (χ3n) is 3.13. The maximum Gasteiger partial charge on any atom is 0.336 e. The van der Waals surface area contributed by atoms with Crippen LogP contribution in [0.2, 0.25) is 0 Å². The minimum atomic E-state index is -0.364. The highest BCUT2D eigenvalue weighted by molar-refractivity contribution is 7.09. The Bertz CT molecular complexity index is 874. The van der Waals surface area contributed by atoms with E-state index in [0.717, 1.165) is 32.8 Å². The maximum absolute atomic E-state index is 11.8. The van der Waals surface area contributed by atoms with E-state index in [1.807, 2.05) is 37.4 Å². The average Bonchev–Trinajstić information content (AvgIpc) is 2.83. The first kappa shape index (κ1) is 12.8. The highest BCUT2D eigenvalue weighted by Crippen LogP contribution is 2.29. The molecule has 0 radical (unpaired) electrons. The van der Waals surface area contributed by atoms with Gasteiger partial charge in [0.1, 0.15) is 5.58 Å². The van der Waals surface area contributed by atoms with E-state index in [-0.39, 0.29) is 5.63 Å². The largest absolute Gasteiger partial charge is 0.423 e. The van der Waals surface area contributed by atoms with E-state index >= 15 is 0 Å². The van der Waals surface area contributed by atoms with Gasteiger partial charge < -0.3 is 4.42 Å². The third kappa shape index (κ3) is 2.18. The average molecular weight is 283 g/mol. The molecule has 0 bridgehead atoms. The molecular weight excluding hydrogens is 270 g/mol. The van der Waals surface area contributed by atoms with Gasteiger partial charge in [0.2, 0.25) is 0 Å². The summed E-state index contributed by atoms with van der Waals surface area (Å²) in [6, 6.07) is 7.28. The second kappa shape index (κ2) is 4.72. The van der Waals surface area contributed by atoms with Crippen molar-refractivity contribution in [3.63, 3.8) is 0 Å². The lowest BCUT2D eigenvalue weighted by molar-refractivity contribution is 0.561. The molecule has 3 nitrogen and oxygen atoms in total. The Labute approximate surface area is 120 Å². The topological polar surface area (TPSA) is 43.1 Å². The van der Waals surface area contributed by atoms with E-state index in [4.69, 9.17) is 4.42 Å². The molecule has 2 heterocycles. The highest BCUT2D eigenvalue weighted by atomic mass is 32.1. The Morgan fingerprint density at radius 1 is 1.35 bits per heavy atom. The van der Waals surface area contributed by atoms with Gasteiger partial charge in [-0.1, -0.05) is 18.2 Å². The first-order valence-corrected chi connectivity index (χ1v) is 7.09. The molecule has 0 fully saturated rings. The number of hydrogen-bond acceptors (Lipinski definition) is 4. The van der Waals surface area contributed by atoms with Crippen LogP contribution in [0, 0.1) is 6.92 Å². The quantitative estimate of drug-likeness (QED) is 0.660. The van der Waals surface area contributed by atoms with Crippen molar-refractivity contribution in [3.05, 3.63) is 57.2 Å². The molecule has 1 aromatic carbocycles. The Morgan fingerprint density at radius 2 is 2.15 bits per heavy atom. The van der Waals surface area contributed by atoms with Crippen LogP contribution in [0.4, 0.5) is 0 Å². The van der Waals surface area contributed by atoms with Crippen molar-refractivity contribution in [2.75, 3.05) is 0 Å². The Kier molecular flexibility index (Phi) is 3.03. The van der Waals surface area contributed by atoms with Gasteiger partial charge in [-0.2, -0.15) is 0 Å². The predicted molar refractivity (Wildman–Crippen MR) is 83.0 cm³/mol. The van der Waals surface area contributed by atoms with Crippen LogP contribution >= 0.6 is 11.3 Å². The summed E-state index contributed by atoms with van der Waals surface area (Å²) in [5.74, 6) is 0. The van der Waals surface area contributed by atoms with E-state index in [0.29, 0.717) is 5.58 Å². The van der Waals surface area contributed by atoms with Crippen LogP contribution in [0.1, 0.15) is 17.5 Å². The van der Waals surface area contributed by atoms with E-state index in [9.17, 15) is 4.79 Å². The molecular formula is C16H13NO2S. The molecule has 0 aliphatic rings. The van der Waals surface area contributed by atoms with Gasteiger partial charge in [0.25, 0.3) is 0 Å². The minimum absolute atomic E-state index is 0.364. The number of fused-ring (bicyclic) bond motifs is 1. The number of nitrogens with zero attached hydrogens (tertiary/aromatic N) is 1. The van der Waals surface area contributed by atoms with Crippen molar-refractivity contribution < 1.29 is 4.42 Å². The molecule has 3 aromatic rings. The summed E-state index contributed by atoms with van der Waals surface area (Å²) in [5, 5.41) is 3.82. The summed E-state index contributed by atoms with van der Waals surface area (Å²) in [5.41, 5.74) is 3.73. The third-order valence-corrected chi connectivity index (χ3v) is 3.91. The van der Waals surface area contributed by atoms with Crippen LogP contribution < -0.4 is 5.63 Å². The molecule has 0 unspecified atom stereocenters. The molecule has 3 rings (SSSR count). The van der Waals surface area contributed by atoms with Crippen molar-refractivity contribution in [2.24, 2.45) is 0 Å². The lowest BCUT2D eigenvalue weighted by Crippen LogP contribution is -1.98. The summed E-state index contributed by atoms with van der Waals surface area (Å²) in [6.45, 7) is 7.78. The molecule has 0 spiro atoms. The minimum Gasteiger partial charge on any atom is -0.423 e. The number of allylic oxidation sites excluding steroid dienone is 1. The van der Waals surface area contributed by atoms with Gasteiger partial charge in [0, 0.05) is 22.4 Å². The monoisotopic (exact) mass is 283 g/mol. The van der Waals surface area contributed by atoms with Gasteiger partial charge in [-0.15, -0.1) is 11.3 Å². The highest BCUT2D eigenvalue weighted by Gasteiger charge is 2.11. The zero-order chi connectivity index (χ0) is 14.3. The second-order valence-electron chi connectivity index (χ2n) is 4.72. The lowest BCUT2D eigenvalue weighted by atomic mass is 10.0. The van der Waals surface area contributed by atoms with Gasteiger partial charge >= 0.3 is 5.63 Å². The fourth-order valence-electron chi connectivity index (χ4n) is 2.13. The van der Waals surface area contributed by atoms with Crippen molar-refractivity contribution in [1.29, 1.82) is 0 Å². The summed E-state index contributed by atoms with van der Waals surface area (Å²) < 4.78 is 5.30. The molecule has 0 aliphatic heterocycles. The maximum atomic E-state index is 11.8. The van der Waals surface area contributed by atoms with E-state index in [1.165, 1.54) is 6.07 Å². The fourth-order valence-corrected chi connectivity index (χ4v) is 2.74. The van der Waals surface area contributed by atoms with Crippen molar-refractivity contribution in [2.45, 2.75) is 13.8 Å². The molecule has 20 heavy (non-hydrogen) atoms. The van der Waals surface area contributed by atoms with Crippen LogP contribution in [0.3, 0.4) is 0 Å². The van der Waals surface area contributed by atoms with Crippen molar-refractivity contribution in [3.8, 4) is 11.3 Å². The van der Waals surface area contributed by atoms with Gasteiger partial charge in [-0.3, -0.25) is 0 Å². The van der Waals surface area contributed by atoms with Crippen LogP contribution in [0.5, 0.6) is 0 Å². The molecule has 4 heteroatoms. The Hall–Kier alpha value is -2.20. The number of aromatic nitrogens is 1. The first-order valence-electron chi connectivity index (χ1n) is 6.21. The molecule has 0 aliphatic carbocycles. The standard InChI is InChI=1S/C16H13NO2S/c1-9(2)11-4-5-12-13(14-8-20-10(3)17-14)7-16(18)19-15(12)6-11/h4-8H,1H2,2-3H3. The van der Waals surface area contributed by atoms with Gasteiger partial charge in [-0.05, 0) is 31.5 Å². The summed E-state index contributed by atoms with van der Waals surface area (Å²) >= 11 is 1.56. The zero-order valence-corrected chi connectivity index (χ0v) is 12.1. The van der Waals surface area contributed by atoms with Crippen LogP contribution in [0.15, 0.2) is 45.4 Å². The number of aryl methyl sites for hydroxylation is 1. The molecule has 2 aromatic heterocycles. The molecule has 0 saturated heterocycles. The Balaban J connectivity index is 2.32. The van der Waals surface area contributed by atoms with Crippen molar-refractivity contribution >= 4 is 27.9 Å². The molecule has 0 atom stereocenters. The number of hydrogen-bond donors (Lipinski definition) is 0. The lowest BCUT2D eigenvalue weighted by Gasteiger charge is -2.05. The fraction of sp³-hybridized carbons (Fsp3) is 0.125. The van der Waals surface area contributed by atoms with E-state index in [2.05, 4.69) is 11.6 Å². The zero-order valence-electron chi connectivity index (χ0n) is 11.3. The van der Waals surface area contributed by atoms with Gasteiger partial charge in [0.05, 0.1) is 10.7 Å². The van der Waals surface area contributed by atoms with E-state index in [1.54, 1.807) is 11.3 Å². The number of rotatable bonds is 2. The smallest absolute Gasteiger partial charge is 0.336 e. The van der Waals surface area contributed by atoms with Gasteiger partial charge in [0.15, 0.2) is 0 Å². The number of benzene rings is 1. The molecule has 0 amide bonds. The van der Waals surface area contributed by atoms with Crippen LogP contribution in [-0.2, 0) is 0 Å². The van der Waals surface area contributed by atoms with E-state index < -0.39 is 0 Å². The van der Waals surface area contributed by atoms with Gasteiger partial charge in [-0.25, -0.2) is 9.78 Å². The Morgan fingerprint density at radius 3 is 2.80 bits per heavy atom. The molecule has 0 N–H and O–H groups in total. The normalized spacial score (nSPS) is 10.9. The SMILES string of the molecule is C=C(C)c1ccc2c(-c3csc(C)n3)cc(=O)oc2c1. The number of thiazole rings is 1. The summed E-state index contributed by atoms with van der Waals surface area (Å²) in [4.78, 5) is 16.2. The second-order valence-corrected chi connectivity index (χ2v) is 5.78. The molecule has 0 saturated carbocycles. The summed E-state index contributed by atoms with van der Waals surface area (Å²) in [6.07, 6.45) is 0.